The molecule has 1 aliphatic carbocycles. The molecule has 0 spiro atoms. The smallest absolute Gasteiger partial charge is 0.312 e. The van der Waals surface area contributed by atoms with Crippen LogP contribution in [0.5, 0.6) is 5.75 Å². The number of allylic oxidation sites excluding steroid dienone is 2. The lowest BCUT2D eigenvalue weighted by Gasteiger charge is -2.43. The number of hydrogen-bond acceptors (Lipinski definition) is 3. The van der Waals surface area contributed by atoms with E-state index in [0.717, 1.165) is 25.0 Å². The van der Waals surface area contributed by atoms with E-state index in [4.69, 9.17) is 9.47 Å². The van der Waals surface area contributed by atoms with Gasteiger partial charge < -0.3 is 9.47 Å². The maximum Gasteiger partial charge on any atom is 0.312 e. The molecule has 0 bridgehead atoms. The van der Waals surface area contributed by atoms with Gasteiger partial charge in [0.1, 0.15) is 5.75 Å². The molecule has 1 aromatic carbocycles. The lowest BCUT2D eigenvalue weighted by molar-refractivity contribution is -0.155. The Bertz CT molecular complexity index is 602. The summed E-state index contributed by atoms with van der Waals surface area (Å²) >= 11 is 0. The fourth-order valence-corrected chi connectivity index (χ4v) is 4.04. The van der Waals surface area contributed by atoms with Crippen LogP contribution >= 0.6 is 0 Å². The molecule has 1 fully saturated rings. The van der Waals surface area contributed by atoms with Crippen LogP contribution in [0.3, 0.4) is 0 Å². The van der Waals surface area contributed by atoms with Crippen LogP contribution in [0.15, 0.2) is 49.1 Å². The van der Waals surface area contributed by atoms with E-state index >= 15 is 0 Å². The van der Waals surface area contributed by atoms with Crippen LogP contribution in [0.4, 0.5) is 0 Å². The van der Waals surface area contributed by atoms with Crippen LogP contribution < -0.4 is 4.74 Å². The standard InChI is InChI=1S/C21H28O3/c1-6-12-21(20(22)24-5)13-11-18(15(2)3)19(14-21)16-7-9-17(23-4)10-8-16/h6-10,18-19H,1-2,11-14H2,3-5H3/t18-,19-,21-/m0/s1. The highest BCUT2D eigenvalue weighted by Gasteiger charge is 2.46. The van der Waals surface area contributed by atoms with E-state index in [1.807, 2.05) is 18.2 Å². The first-order chi connectivity index (χ1) is 11.5. The average Bonchev–Trinajstić information content (AvgIpc) is 2.61. The zero-order chi connectivity index (χ0) is 17.7. The Morgan fingerprint density at radius 2 is 2.00 bits per heavy atom. The Morgan fingerprint density at radius 1 is 1.33 bits per heavy atom. The summed E-state index contributed by atoms with van der Waals surface area (Å²) in [6.07, 6.45) is 5.00. The van der Waals surface area contributed by atoms with Crippen LogP contribution in [-0.4, -0.2) is 20.2 Å². The van der Waals surface area contributed by atoms with Gasteiger partial charge in [-0.2, -0.15) is 0 Å². The molecule has 3 nitrogen and oxygen atoms in total. The molecule has 1 aromatic rings. The van der Waals surface area contributed by atoms with Crippen molar-refractivity contribution in [2.75, 3.05) is 14.2 Å². The number of methoxy groups -OCH3 is 2. The first-order valence-corrected chi connectivity index (χ1v) is 8.46. The predicted octanol–water partition coefficient (Wildman–Crippen LogP) is 4.89. The van der Waals surface area contributed by atoms with Gasteiger partial charge in [0.25, 0.3) is 0 Å². The molecule has 1 saturated carbocycles. The number of ether oxygens (including phenoxy) is 2. The lowest BCUT2D eigenvalue weighted by atomic mass is 9.61. The van der Waals surface area contributed by atoms with Gasteiger partial charge in [-0.05, 0) is 62.1 Å². The lowest BCUT2D eigenvalue weighted by Crippen LogP contribution is -2.39. The highest BCUT2D eigenvalue weighted by Crippen LogP contribution is 2.51. The largest absolute Gasteiger partial charge is 0.497 e. The Kier molecular flexibility index (Phi) is 5.87. The van der Waals surface area contributed by atoms with Gasteiger partial charge in [-0.15, -0.1) is 6.58 Å². The minimum absolute atomic E-state index is 0.124. The van der Waals surface area contributed by atoms with E-state index in [9.17, 15) is 4.79 Å². The van der Waals surface area contributed by atoms with E-state index in [0.29, 0.717) is 12.3 Å². The summed E-state index contributed by atoms with van der Waals surface area (Å²) in [6, 6.07) is 8.15. The van der Waals surface area contributed by atoms with Crippen LogP contribution in [0.25, 0.3) is 0 Å². The number of carbonyl (C=O) groups is 1. The first kappa shape index (κ1) is 18.3. The SMILES string of the molecule is C=CC[C@]1(C(=O)OC)CC[C@@H](C(=C)C)[C@H](c2ccc(OC)cc2)C1. The van der Waals surface area contributed by atoms with Gasteiger partial charge in [-0.1, -0.05) is 30.4 Å². The second kappa shape index (κ2) is 7.69. The molecule has 0 heterocycles. The fourth-order valence-electron chi connectivity index (χ4n) is 4.04. The summed E-state index contributed by atoms with van der Waals surface area (Å²) in [4.78, 5) is 12.5. The number of esters is 1. The Labute approximate surface area is 145 Å². The number of benzene rings is 1. The van der Waals surface area contributed by atoms with Crippen LogP contribution in [0.1, 0.15) is 44.1 Å². The van der Waals surface area contributed by atoms with Crippen molar-refractivity contribution in [3.63, 3.8) is 0 Å². The molecule has 130 valence electrons. The van der Waals surface area contributed by atoms with Crippen molar-refractivity contribution >= 4 is 5.97 Å². The second-order valence-corrected chi connectivity index (χ2v) is 6.84. The molecular weight excluding hydrogens is 300 g/mol. The molecule has 2 rings (SSSR count). The summed E-state index contributed by atoms with van der Waals surface area (Å²) in [6.45, 7) is 10.1. The number of hydrogen-bond donors (Lipinski definition) is 0. The molecule has 3 atom stereocenters. The van der Waals surface area contributed by atoms with Gasteiger partial charge in [0, 0.05) is 0 Å². The van der Waals surface area contributed by atoms with Crippen molar-refractivity contribution in [2.45, 2.75) is 38.5 Å². The summed E-state index contributed by atoms with van der Waals surface area (Å²) in [5.41, 5.74) is 1.92. The van der Waals surface area contributed by atoms with Crippen molar-refractivity contribution in [1.82, 2.24) is 0 Å². The zero-order valence-corrected chi connectivity index (χ0v) is 15.0. The van der Waals surface area contributed by atoms with E-state index < -0.39 is 5.41 Å². The van der Waals surface area contributed by atoms with Crippen molar-refractivity contribution in [2.24, 2.45) is 11.3 Å². The fraction of sp³-hybridized carbons (Fsp3) is 0.476. The normalized spacial score (nSPS) is 26.5. The number of carbonyl (C=O) groups excluding carboxylic acids is 1. The van der Waals surface area contributed by atoms with Gasteiger partial charge in [0.2, 0.25) is 0 Å². The molecule has 3 heteroatoms. The van der Waals surface area contributed by atoms with Crippen LogP contribution in [0, 0.1) is 11.3 Å². The molecule has 0 saturated heterocycles. The molecule has 0 unspecified atom stereocenters. The molecule has 0 radical (unpaired) electrons. The molecule has 1 aliphatic rings. The van der Waals surface area contributed by atoms with Crippen LogP contribution in [0.2, 0.25) is 0 Å². The first-order valence-electron chi connectivity index (χ1n) is 8.46. The van der Waals surface area contributed by atoms with Crippen LogP contribution in [-0.2, 0) is 9.53 Å². The summed E-state index contributed by atoms with van der Waals surface area (Å²) in [5, 5.41) is 0. The summed E-state index contributed by atoms with van der Waals surface area (Å²) in [5.74, 6) is 1.34. The van der Waals surface area contributed by atoms with Gasteiger partial charge in [-0.25, -0.2) is 0 Å². The minimum Gasteiger partial charge on any atom is -0.497 e. The van der Waals surface area contributed by atoms with E-state index in [-0.39, 0.29) is 11.9 Å². The number of rotatable bonds is 6. The van der Waals surface area contributed by atoms with Crippen molar-refractivity contribution in [1.29, 1.82) is 0 Å². The highest BCUT2D eigenvalue weighted by molar-refractivity contribution is 5.77. The third-order valence-corrected chi connectivity index (χ3v) is 5.36. The quantitative estimate of drug-likeness (QED) is 0.551. The molecule has 0 N–H and O–H groups in total. The summed E-state index contributed by atoms with van der Waals surface area (Å²) < 4.78 is 10.4. The third kappa shape index (κ3) is 3.55. The zero-order valence-electron chi connectivity index (χ0n) is 15.0. The van der Waals surface area contributed by atoms with E-state index in [1.54, 1.807) is 7.11 Å². The molecular formula is C21H28O3. The highest BCUT2D eigenvalue weighted by atomic mass is 16.5. The molecule has 0 aromatic heterocycles. The average molecular weight is 328 g/mol. The second-order valence-electron chi connectivity index (χ2n) is 6.84. The van der Waals surface area contributed by atoms with Gasteiger partial charge >= 0.3 is 5.97 Å². The van der Waals surface area contributed by atoms with Crippen molar-refractivity contribution in [3.8, 4) is 5.75 Å². The molecule has 0 aliphatic heterocycles. The Balaban J connectivity index is 2.39. The summed E-state index contributed by atoms with van der Waals surface area (Å²) in [7, 11) is 3.14. The van der Waals surface area contributed by atoms with E-state index in [2.05, 4.69) is 32.2 Å². The third-order valence-electron chi connectivity index (χ3n) is 5.36. The minimum atomic E-state index is -0.479. The molecule has 0 amide bonds. The Morgan fingerprint density at radius 3 is 2.50 bits per heavy atom. The van der Waals surface area contributed by atoms with Crippen molar-refractivity contribution in [3.05, 3.63) is 54.6 Å². The van der Waals surface area contributed by atoms with Crippen molar-refractivity contribution < 1.29 is 14.3 Å². The predicted molar refractivity (Wildman–Crippen MR) is 97.2 cm³/mol. The molecule has 24 heavy (non-hydrogen) atoms. The monoisotopic (exact) mass is 328 g/mol. The van der Waals surface area contributed by atoms with Gasteiger partial charge in [0.05, 0.1) is 19.6 Å². The maximum absolute atomic E-state index is 12.5. The Hall–Kier alpha value is -2.03. The topological polar surface area (TPSA) is 35.5 Å². The maximum atomic E-state index is 12.5. The van der Waals surface area contributed by atoms with Gasteiger partial charge in [0.15, 0.2) is 0 Å². The van der Waals surface area contributed by atoms with E-state index in [1.165, 1.54) is 18.2 Å². The van der Waals surface area contributed by atoms with Gasteiger partial charge in [-0.3, -0.25) is 4.79 Å².